The van der Waals surface area contributed by atoms with E-state index in [9.17, 15) is 4.79 Å². The predicted octanol–water partition coefficient (Wildman–Crippen LogP) is 1.52. The molecule has 0 heterocycles. The van der Waals surface area contributed by atoms with E-state index in [4.69, 9.17) is 20.9 Å². The van der Waals surface area contributed by atoms with Crippen LogP contribution in [0.2, 0.25) is 0 Å². The van der Waals surface area contributed by atoms with Crippen molar-refractivity contribution in [3.63, 3.8) is 0 Å². The van der Waals surface area contributed by atoms with Crippen LogP contribution in [0.1, 0.15) is 13.8 Å². The minimum Gasteiger partial charge on any atom is -0.489 e. The molecule has 1 amide bonds. The number of benzene rings is 1. The van der Waals surface area contributed by atoms with Crippen LogP contribution in [-0.4, -0.2) is 18.3 Å². The van der Waals surface area contributed by atoms with Crippen molar-refractivity contribution < 1.29 is 14.3 Å². The van der Waals surface area contributed by atoms with Gasteiger partial charge < -0.3 is 20.9 Å². The van der Waals surface area contributed by atoms with Gasteiger partial charge in [-0.05, 0) is 38.1 Å². The zero-order valence-electron chi connectivity index (χ0n) is 9.40. The van der Waals surface area contributed by atoms with Crippen LogP contribution in [0.25, 0.3) is 0 Å². The van der Waals surface area contributed by atoms with Gasteiger partial charge in [-0.3, -0.25) is 0 Å². The van der Waals surface area contributed by atoms with Crippen LogP contribution in [0.5, 0.6) is 5.75 Å². The fourth-order valence-electron chi connectivity index (χ4n) is 1.12. The van der Waals surface area contributed by atoms with E-state index in [1.807, 2.05) is 0 Å². The van der Waals surface area contributed by atoms with Gasteiger partial charge in [-0.2, -0.15) is 0 Å². The van der Waals surface area contributed by atoms with E-state index in [1.54, 1.807) is 38.1 Å². The van der Waals surface area contributed by atoms with E-state index in [2.05, 4.69) is 0 Å². The second-order valence-corrected chi connectivity index (χ2v) is 4.04. The molecule has 0 aliphatic carbocycles. The van der Waals surface area contributed by atoms with Crippen molar-refractivity contribution in [1.29, 1.82) is 0 Å². The number of ether oxygens (including phenoxy) is 2. The SMILES string of the molecule is CC(C)(COc1ccc(N)cc1)OC(N)=O. The molecule has 0 bridgehead atoms. The lowest BCUT2D eigenvalue weighted by Gasteiger charge is -2.23. The van der Waals surface area contributed by atoms with Gasteiger partial charge in [0.25, 0.3) is 0 Å². The maximum absolute atomic E-state index is 10.6. The molecule has 1 aromatic carbocycles. The van der Waals surface area contributed by atoms with Gasteiger partial charge in [0, 0.05) is 5.69 Å². The summed E-state index contributed by atoms with van der Waals surface area (Å²) in [5.41, 5.74) is 10.4. The van der Waals surface area contributed by atoms with Crippen LogP contribution in [0.15, 0.2) is 24.3 Å². The third kappa shape index (κ3) is 4.08. The van der Waals surface area contributed by atoms with Crippen molar-refractivity contribution in [2.24, 2.45) is 5.73 Å². The maximum Gasteiger partial charge on any atom is 0.405 e. The highest BCUT2D eigenvalue weighted by molar-refractivity contribution is 5.65. The van der Waals surface area contributed by atoms with E-state index in [0.29, 0.717) is 11.4 Å². The molecular weight excluding hydrogens is 208 g/mol. The first kappa shape index (κ1) is 12.2. The third-order valence-electron chi connectivity index (χ3n) is 1.84. The van der Waals surface area contributed by atoms with E-state index in [0.717, 1.165) is 0 Å². The van der Waals surface area contributed by atoms with Crippen LogP contribution in [0, 0.1) is 0 Å². The molecule has 0 saturated heterocycles. The highest BCUT2D eigenvalue weighted by atomic mass is 16.6. The molecule has 88 valence electrons. The molecule has 0 aromatic heterocycles. The van der Waals surface area contributed by atoms with Gasteiger partial charge in [-0.15, -0.1) is 0 Å². The molecule has 5 heteroatoms. The quantitative estimate of drug-likeness (QED) is 0.759. The third-order valence-corrected chi connectivity index (χ3v) is 1.84. The van der Waals surface area contributed by atoms with E-state index in [-0.39, 0.29) is 6.61 Å². The average Bonchev–Trinajstić information content (AvgIpc) is 2.15. The summed E-state index contributed by atoms with van der Waals surface area (Å²) in [5.74, 6) is 0.662. The number of carbonyl (C=O) groups is 1. The number of rotatable bonds is 4. The zero-order valence-corrected chi connectivity index (χ0v) is 9.40. The maximum atomic E-state index is 10.6. The van der Waals surface area contributed by atoms with Crippen molar-refractivity contribution >= 4 is 11.8 Å². The highest BCUT2D eigenvalue weighted by Crippen LogP contribution is 2.16. The normalized spacial score (nSPS) is 10.9. The standard InChI is InChI=1S/C11H16N2O3/c1-11(2,16-10(13)14)7-15-9-5-3-8(12)4-6-9/h3-6H,7,12H2,1-2H3,(H2,13,14). The number of hydrogen-bond donors (Lipinski definition) is 2. The van der Waals surface area contributed by atoms with Crippen molar-refractivity contribution in [1.82, 2.24) is 0 Å². The number of anilines is 1. The molecule has 4 N–H and O–H groups in total. The molecule has 0 atom stereocenters. The Kier molecular flexibility index (Phi) is 3.60. The number of amides is 1. The summed E-state index contributed by atoms with van der Waals surface area (Å²) in [6.07, 6.45) is -0.814. The smallest absolute Gasteiger partial charge is 0.405 e. The Balaban J connectivity index is 2.50. The van der Waals surface area contributed by atoms with Gasteiger partial charge >= 0.3 is 6.09 Å². The summed E-state index contributed by atoms with van der Waals surface area (Å²) in [5, 5.41) is 0. The van der Waals surface area contributed by atoms with Gasteiger partial charge in [0.2, 0.25) is 0 Å². The van der Waals surface area contributed by atoms with Gasteiger partial charge in [-0.1, -0.05) is 0 Å². The molecule has 16 heavy (non-hydrogen) atoms. The van der Waals surface area contributed by atoms with Gasteiger partial charge in [0.1, 0.15) is 18.0 Å². The number of nitrogen functional groups attached to an aromatic ring is 1. The summed E-state index contributed by atoms with van der Waals surface area (Å²) in [6.45, 7) is 3.66. The number of primary amides is 1. The molecule has 0 radical (unpaired) electrons. The van der Waals surface area contributed by atoms with Crippen LogP contribution in [0.3, 0.4) is 0 Å². The molecule has 0 aliphatic heterocycles. The fraction of sp³-hybridized carbons (Fsp3) is 0.364. The summed E-state index contributed by atoms with van der Waals surface area (Å²) in [6, 6.07) is 6.96. The Morgan fingerprint density at radius 1 is 1.31 bits per heavy atom. The molecule has 5 nitrogen and oxygen atoms in total. The first-order chi connectivity index (χ1) is 7.39. The van der Waals surface area contributed by atoms with Crippen molar-refractivity contribution in [2.75, 3.05) is 12.3 Å². The predicted molar refractivity (Wildman–Crippen MR) is 61.1 cm³/mol. The van der Waals surface area contributed by atoms with Crippen molar-refractivity contribution in [3.05, 3.63) is 24.3 Å². The monoisotopic (exact) mass is 224 g/mol. The van der Waals surface area contributed by atoms with Gasteiger partial charge in [0.05, 0.1) is 0 Å². The lowest BCUT2D eigenvalue weighted by atomic mass is 10.1. The molecule has 0 aliphatic rings. The Morgan fingerprint density at radius 2 is 1.88 bits per heavy atom. The van der Waals surface area contributed by atoms with Crippen LogP contribution >= 0.6 is 0 Å². The molecule has 0 fully saturated rings. The van der Waals surface area contributed by atoms with Crippen molar-refractivity contribution in [3.8, 4) is 5.75 Å². The minimum absolute atomic E-state index is 0.222. The van der Waals surface area contributed by atoms with Crippen LogP contribution in [-0.2, 0) is 4.74 Å². The second-order valence-electron chi connectivity index (χ2n) is 4.04. The Morgan fingerprint density at radius 3 is 2.38 bits per heavy atom. The molecular formula is C11H16N2O3. The van der Waals surface area contributed by atoms with Gasteiger partial charge in [-0.25, -0.2) is 4.79 Å². The van der Waals surface area contributed by atoms with E-state index < -0.39 is 11.7 Å². The summed E-state index contributed by atoms with van der Waals surface area (Å²) in [7, 11) is 0. The highest BCUT2D eigenvalue weighted by Gasteiger charge is 2.22. The molecule has 0 unspecified atom stereocenters. The summed E-state index contributed by atoms with van der Waals surface area (Å²) in [4.78, 5) is 10.6. The zero-order chi connectivity index (χ0) is 12.2. The molecule has 0 spiro atoms. The number of hydrogen-bond acceptors (Lipinski definition) is 4. The minimum atomic E-state index is -0.814. The summed E-state index contributed by atoms with van der Waals surface area (Å²) < 4.78 is 10.3. The van der Waals surface area contributed by atoms with E-state index >= 15 is 0 Å². The lowest BCUT2D eigenvalue weighted by Crippen LogP contribution is -2.36. The lowest BCUT2D eigenvalue weighted by molar-refractivity contribution is 0.00927. The number of carbonyl (C=O) groups excluding carboxylic acids is 1. The molecule has 1 aromatic rings. The van der Waals surface area contributed by atoms with Crippen LogP contribution in [0.4, 0.5) is 10.5 Å². The second kappa shape index (κ2) is 4.74. The Bertz CT molecular complexity index is 360. The molecule has 1 rings (SSSR count). The van der Waals surface area contributed by atoms with Crippen molar-refractivity contribution in [2.45, 2.75) is 19.4 Å². The summed E-state index contributed by atoms with van der Waals surface area (Å²) >= 11 is 0. The first-order valence-corrected chi connectivity index (χ1v) is 4.86. The fourth-order valence-corrected chi connectivity index (χ4v) is 1.12. The Hall–Kier alpha value is -1.91. The first-order valence-electron chi connectivity index (χ1n) is 4.86. The number of nitrogens with two attached hydrogens (primary N) is 2. The largest absolute Gasteiger partial charge is 0.489 e. The van der Waals surface area contributed by atoms with E-state index in [1.165, 1.54) is 0 Å². The molecule has 0 saturated carbocycles. The average molecular weight is 224 g/mol. The Labute approximate surface area is 94.3 Å². The van der Waals surface area contributed by atoms with Crippen LogP contribution < -0.4 is 16.2 Å². The van der Waals surface area contributed by atoms with Gasteiger partial charge in [0.15, 0.2) is 0 Å². The topological polar surface area (TPSA) is 87.6 Å².